The SMILES string of the molecule is COCCNCc1ccc(N(C)C2CCSC2)cc1Cl. The summed E-state index contributed by atoms with van der Waals surface area (Å²) in [5, 5.41) is 4.16. The molecule has 1 atom stereocenters. The molecule has 2 rings (SSSR count). The molecule has 0 amide bonds. The molecule has 1 N–H and O–H groups in total. The maximum absolute atomic E-state index is 6.39. The van der Waals surface area contributed by atoms with Crippen molar-refractivity contribution >= 4 is 29.1 Å². The molecular formula is C15H23ClN2OS. The van der Waals surface area contributed by atoms with Crippen LogP contribution in [0.4, 0.5) is 5.69 Å². The number of nitrogens with one attached hydrogen (secondary N) is 1. The molecular weight excluding hydrogens is 292 g/mol. The summed E-state index contributed by atoms with van der Waals surface area (Å²) in [6.45, 7) is 2.34. The quantitative estimate of drug-likeness (QED) is 0.782. The number of hydrogen-bond donors (Lipinski definition) is 1. The molecule has 1 unspecified atom stereocenters. The van der Waals surface area contributed by atoms with E-state index in [1.54, 1.807) is 7.11 Å². The number of thioether (sulfide) groups is 1. The highest BCUT2D eigenvalue weighted by atomic mass is 35.5. The highest BCUT2D eigenvalue weighted by molar-refractivity contribution is 7.99. The first-order valence-electron chi connectivity index (χ1n) is 7.01. The van der Waals surface area contributed by atoms with Crippen LogP contribution in [0.25, 0.3) is 0 Å². The van der Waals surface area contributed by atoms with Gasteiger partial charge in [-0.15, -0.1) is 0 Å². The maximum atomic E-state index is 6.39. The molecule has 0 spiro atoms. The summed E-state index contributed by atoms with van der Waals surface area (Å²) in [6, 6.07) is 7.01. The van der Waals surface area contributed by atoms with Gasteiger partial charge in [0, 0.05) is 49.8 Å². The predicted molar refractivity (Wildman–Crippen MR) is 89.2 cm³/mol. The smallest absolute Gasteiger partial charge is 0.0587 e. The van der Waals surface area contributed by atoms with Gasteiger partial charge in [0.2, 0.25) is 0 Å². The fourth-order valence-electron chi connectivity index (χ4n) is 2.33. The van der Waals surface area contributed by atoms with Crippen molar-refractivity contribution in [1.29, 1.82) is 0 Å². The molecule has 3 nitrogen and oxygen atoms in total. The number of hydrogen-bond acceptors (Lipinski definition) is 4. The third-order valence-corrected chi connectivity index (χ3v) is 5.19. The minimum Gasteiger partial charge on any atom is -0.383 e. The third-order valence-electron chi connectivity index (χ3n) is 3.70. The number of halogens is 1. The van der Waals surface area contributed by atoms with Gasteiger partial charge in [0.25, 0.3) is 0 Å². The summed E-state index contributed by atoms with van der Waals surface area (Å²) >= 11 is 8.42. The lowest BCUT2D eigenvalue weighted by molar-refractivity contribution is 0.199. The van der Waals surface area contributed by atoms with Crippen LogP contribution in [-0.2, 0) is 11.3 Å². The highest BCUT2D eigenvalue weighted by Gasteiger charge is 2.20. The number of anilines is 1. The summed E-state index contributed by atoms with van der Waals surface area (Å²) < 4.78 is 5.01. The standard InChI is InChI=1S/C15H23ClN2OS/c1-18(14-5-8-20-11-14)13-4-3-12(15(16)9-13)10-17-6-7-19-2/h3-4,9,14,17H,5-8,10-11H2,1-2H3. The van der Waals surface area contributed by atoms with E-state index in [-0.39, 0.29) is 0 Å². The van der Waals surface area contributed by atoms with Crippen LogP contribution in [0.3, 0.4) is 0 Å². The molecule has 1 aromatic carbocycles. The lowest BCUT2D eigenvalue weighted by atomic mass is 10.1. The summed E-state index contributed by atoms with van der Waals surface area (Å²) in [5.74, 6) is 2.48. The van der Waals surface area contributed by atoms with Crippen LogP contribution in [0.1, 0.15) is 12.0 Å². The van der Waals surface area contributed by atoms with Crippen LogP contribution < -0.4 is 10.2 Å². The summed E-state index contributed by atoms with van der Waals surface area (Å²) in [5.41, 5.74) is 2.35. The summed E-state index contributed by atoms with van der Waals surface area (Å²) in [7, 11) is 3.87. The van der Waals surface area contributed by atoms with Crippen LogP contribution in [-0.4, -0.2) is 44.9 Å². The van der Waals surface area contributed by atoms with E-state index < -0.39 is 0 Å². The van der Waals surface area contributed by atoms with Gasteiger partial charge in [-0.25, -0.2) is 0 Å². The second kappa shape index (κ2) is 8.13. The van der Waals surface area contributed by atoms with Gasteiger partial charge in [-0.05, 0) is 29.9 Å². The number of benzene rings is 1. The van der Waals surface area contributed by atoms with Crippen molar-refractivity contribution in [1.82, 2.24) is 5.32 Å². The van der Waals surface area contributed by atoms with E-state index in [1.165, 1.54) is 23.6 Å². The van der Waals surface area contributed by atoms with Gasteiger partial charge in [0.1, 0.15) is 0 Å². The van der Waals surface area contributed by atoms with E-state index >= 15 is 0 Å². The second-order valence-electron chi connectivity index (χ2n) is 5.07. The number of rotatable bonds is 7. The van der Waals surface area contributed by atoms with E-state index in [0.717, 1.165) is 30.3 Å². The van der Waals surface area contributed by atoms with Crippen LogP contribution in [0.2, 0.25) is 5.02 Å². The molecule has 20 heavy (non-hydrogen) atoms. The van der Waals surface area contributed by atoms with Crippen LogP contribution in [0.5, 0.6) is 0 Å². The molecule has 112 valence electrons. The second-order valence-corrected chi connectivity index (χ2v) is 6.63. The molecule has 0 bridgehead atoms. The van der Waals surface area contributed by atoms with Crippen molar-refractivity contribution < 1.29 is 4.74 Å². The predicted octanol–water partition coefficient (Wildman–Crippen LogP) is 3.02. The van der Waals surface area contributed by atoms with Crippen molar-refractivity contribution in [3.8, 4) is 0 Å². The molecule has 1 saturated heterocycles. The number of ether oxygens (including phenoxy) is 1. The van der Waals surface area contributed by atoms with E-state index in [4.69, 9.17) is 16.3 Å². The number of nitrogens with zero attached hydrogens (tertiary/aromatic N) is 1. The molecule has 1 aliphatic heterocycles. The normalized spacial score (nSPS) is 18.4. The van der Waals surface area contributed by atoms with Crippen molar-refractivity contribution in [2.24, 2.45) is 0 Å². The first kappa shape index (κ1) is 16.0. The van der Waals surface area contributed by atoms with Crippen LogP contribution in [0.15, 0.2) is 18.2 Å². The lowest BCUT2D eigenvalue weighted by Crippen LogP contribution is -2.31. The minimum absolute atomic E-state index is 0.641. The Morgan fingerprint density at radius 1 is 1.50 bits per heavy atom. The Balaban J connectivity index is 1.94. The van der Waals surface area contributed by atoms with Crippen LogP contribution in [0, 0.1) is 0 Å². The van der Waals surface area contributed by atoms with Crippen molar-refractivity contribution in [3.05, 3.63) is 28.8 Å². The molecule has 0 aliphatic carbocycles. The molecule has 1 heterocycles. The maximum Gasteiger partial charge on any atom is 0.0587 e. The molecule has 0 aromatic heterocycles. The number of methoxy groups -OCH3 is 1. The lowest BCUT2D eigenvalue weighted by Gasteiger charge is -2.26. The van der Waals surface area contributed by atoms with Gasteiger partial charge in [0.05, 0.1) is 6.61 Å². The average Bonchev–Trinajstić information content (AvgIpc) is 2.98. The molecule has 5 heteroatoms. The van der Waals surface area contributed by atoms with Crippen molar-refractivity contribution in [2.75, 3.05) is 43.7 Å². The molecule has 0 saturated carbocycles. The topological polar surface area (TPSA) is 24.5 Å². The first-order valence-corrected chi connectivity index (χ1v) is 8.54. The van der Waals surface area contributed by atoms with Gasteiger partial charge in [-0.1, -0.05) is 17.7 Å². The van der Waals surface area contributed by atoms with E-state index in [1.807, 2.05) is 11.8 Å². The van der Waals surface area contributed by atoms with Gasteiger partial charge >= 0.3 is 0 Å². The van der Waals surface area contributed by atoms with Crippen molar-refractivity contribution in [3.63, 3.8) is 0 Å². The molecule has 1 aromatic rings. The minimum atomic E-state index is 0.641. The highest BCUT2D eigenvalue weighted by Crippen LogP contribution is 2.28. The molecule has 1 fully saturated rings. The van der Waals surface area contributed by atoms with E-state index in [0.29, 0.717) is 6.04 Å². The van der Waals surface area contributed by atoms with Gasteiger partial charge < -0.3 is 15.0 Å². The largest absolute Gasteiger partial charge is 0.383 e. The Hall–Kier alpha value is -0.420. The Kier molecular flexibility index (Phi) is 6.49. The van der Waals surface area contributed by atoms with Crippen molar-refractivity contribution in [2.45, 2.75) is 19.0 Å². The zero-order chi connectivity index (χ0) is 14.4. The fourth-order valence-corrected chi connectivity index (χ4v) is 3.84. The van der Waals surface area contributed by atoms with E-state index in [9.17, 15) is 0 Å². The zero-order valence-electron chi connectivity index (χ0n) is 12.2. The zero-order valence-corrected chi connectivity index (χ0v) is 13.8. The Morgan fingerprint density at radius 3 is 3.00 bits per heavy atom. The van der Waals surface area contributed by atoms with Gasteiger partial charge in [0.15, 0.2) is 0 Å². The Labute approximate surface area is 131 Å². The molecule has 1 aliphatic rings. The Morgan fingerprint density at radius 2 is 2.35 bits per heavy atom. The van der Waals surface area contributed by atoms with Crippen LogP contribution >= 0.6 is 23.4 Å². The Bertz CT molecular complexity index is 424. The van der Waals surface area contributed by atoms with Gasteiger partial charge in [-0.3, -0.25) is 0 Å². The summed E-state index contributed by atoms with van der Waals surface area (Å²) in [6.07, 6.45) is 1.26. The fraction of sp³-hybridized carbons (Fsp3) is 0.600. The van der Waals surface area contributed by atoms with E-state index in [2.05, 4.69) is 35.5 Å². The monoisotopic (exact) mass is 314 g/mol. The van der Waals surface area contributed by atoms with Gasteiger partial charge in [-0.2, -0.15) is 11.8 Å². The third kappa shape index (κ3) is 4.29. The average molecular weight is 315 g/mol. The molecule has 0 radical (unpaired) electrons. The summed E-state index contributed by atoms with van der Waals surface area (Å²) in [4.78, 5) is 2.36. The first-order chi connectivity index (χ1) is 9.72.